The zero-order valence-corrected chi connectivity index (χ0v) is 17.6. The summed E-state index contributed by atoms with van der Waals surface area (Å²) in [4.78, 5) is 28.7. The number of nitrogens with one attached hydrogen (secondary N) is 1. The van der Waals surface area contributed by atoms with Crippen LogP contribution in [0.15, 0.2) is 42.7 Å². The number of aromatic nitrogens is 3. The first kappa shape index (κ1) is 19.7. The molecule has 1 saturated heterocycles. The minimum atomic E-state index is -0.153. The lowest BCUT2D eigenvalue weighted by Crippen LogP contribution is -2.33. The quantitative estimate of drug-likeness (QED) is 0.679. The molecule has 7 heteroatoms. The highest BCUT2D eigenvalue weighted by molar-refractivity contribution is 7.17. The van der Waals surface area contributed by atoms with Gasteiger partial charge in [-0.2, -0.15) is 0 Å². The molecule has 1 aliphatic heterocycles. The number of piperidine rings is 1. The van der Waals surface area contributed by atoms with Crippen LogP contribution in [-0.2, 0) is 6.54 Å². The van der Waals surface area contributed by atoms with Crippen LogP contribution < -0.4 is 5.32 Å². The van der Waals surface area contributed by atoms with Gasteiger partial charge < -0.3 is 5.32 Å². The Balaban J connectivity index is 1.40. The van der Waals surface area contributed by atoms with E-state index < -0.39 is 0 Å². The maximum atomic E-state index is 12.7. The summed E-state index contributed by atoms with van der Waals surface area (Å²) in [6, 6.07) is 9.89. The lowest BCUT2D eigenvalue weighted by Gasteiger charge is -2.30. The number of carbonyl (C=O) groups excluding carboxylic acids is 1. The van der Waals surface area contributed by atoms with Crippen molar-refractivity contribution in [2.75, 3.05) is 18.4 Å². The summed E-state index contributed by atoms with van der Waals surface area (Å²) in [7, 11) is 0. The molecular formula is C22H25N5OS. The van der Waals surface area contributed by atoms with Gasteiger partial charge in [0.05, 0.1) is 5.69 Å². The van der Waals surface area contributed by atoms with Crippen LogP contribution in [0.3, 0.4) is 0 Å². The summed E-state index contributed by atoms with van der Waals surface area (Å²) in [5.41, 5.74) is 2.75. The van der Waals surface area contributed by atoms with Crippen LogP contribution in [-0.4, -0.2) is 38.8 Å². The van der Waals surface area contributed by atoms with Gasteiger partial charge in [0.1, 0.15) is 4.88 Å². The average molecular weight is 408 g/mol. The van der Waals surface area contributed by atoms with Crippen LogP contribution in [0.25, 0.3) is 10.8 Å². The van der Waals surface area contributed by atoms with Gasteiger partial charge in [-0.15, -0.1) is 11.3 Å². The Kier molecular flexibility index (Phi) is 5.97. The van der Waals surface area contributed by atoms with E-state index in [0.717, 1.165) is 24.7 Å². The Hall–Kier alpha value is -2.64. The number of anilines is 1. The van der Waals surface area contributed by atoms with Crippen molar-refractivity contribution in [1.29, 1.82) is 0 Å². The molecular weight excluding hydrogens is 382 g/mol. The zero-order chi connectivity index (χ0) is 20.2. The molecule has 3 heterocycles. The minimum absolute atomic E-state index is 0.153. The first-order valence-electron chi connectivity index (χ1n) is 9.96. The standard InChI is InChI=1S/C22H25N5OS/c1-15-5-3-12-27(13-15)14-17-6-8-18(9-7-17)26-21(28)19-16(2)25-22(29-19)20-23-10-4-11-24-20/h4,6-11,15H,3,5,12-14H2,1-2H3,(H,26,28). The maximum absolute atomic E-state index is 12.7. The van der Waals surface area contributed by atoms with Crippen LogP contribution in [0.2, 0.25) is 0 Å². The number of nitrogens with zero attached hydrogens (tertiary/aromatic N) is 4. The number of aryl methyl sites for hydroxylation is 1. The molecule has 1 N–H and O–H groups in total. The van der Waals surface area contributed by atoms with Gasteiger partial charge in [0.2, 0.25) is 0 Å². The van der Waals surface area contributed by atoms with E-state index in [-0.39, 0.29) is 5.91 Å². The van der Waals surface area contributed by atoms with Crippen molar-refractivity contribution in [1.82, 2.24) is 19.9 Å². The molecule has 1 fully saturated rings. The summed E-state index contributed by atoms with van der Waals surface area (Å²) >= 11 is 1.31. The number of amides is 1. The highest BCUT2D eigenvalue weighted by atomic mass is 32.1. The third-order valence-electron chi connectivity index (χ3n) is 5.12. The van der Waals surface area contributed by atoms with Gasteiger partial charge in [0.25, 0.3) is 5.91 Å². The van der Waals surface area contributed by atoms with E-state index in [0.29, 0.717) is 21.4 Å². The van der Waals surface area contributed by atoms with Crippen molar-refractivity contribution in [3.05, 3.63) is 58.9 Å². The first-order valence-corrected chi connectivity index (χ1v) is 10.8. The SMILES string of the molecule is Cc1nc(-c2ncccn2)sc1C(=O)Nc1ccc(CN2CCCC(C)C2)cc1. The second kappa shape index (κ2) is 8.80. The minimum Gasteiger partial charge on any atom is -0.321 e. The third-order valence-corrected chi connectivity index (χ3v) is 6.27. The summed E-state index contributed by atoms with van der Waals surface area (Å²) < 4.78 is 0. The predicted molar refractivity (Wildman–Crippen MR) is 116 cm³/mol. The normalized spacial score (nSPS) is 17.2. The Morgan fingerprint density at radius 3 is 2.72 bits per heavy atom. The van der Waals surface area contributed by atoms with Gasteiger partial charge in [0, 0.05) is 31.2 Å². The van der Waals surface area contributed by atoms with Gasteiger partial charge in [-0.25, -0.2) is 15.0 Å². The molecule has 1 amide bonds. The number of carbonyl (C=O) groups is 1. The van der Waals surface area contributed by atoms with E-state index >= 15 is 0 Å². The summed E-state index contributed by atoms with van der Waals surface area (Å²) in [5, 5.41) is 3.63. The van der Waals surface area contributed by atoms with E-state index in [4.69, 9.17) is 0 Å². The number of hydrogen-bond donors (Lipinski definition) is 1. The highest BCUT2D eigenvalue weighted by Gasteiger charge is 2.18. The van der Waals surface area contributed by atoms with Crippen LogP contribution >= 0.6 is 11.3 Å². The average Bonchev–Trinajstić information content (AvgIpc) is 3.12. The van der Waals surface area contributed by atoms with Crippen molar-refractivity contribution in [3.8, 4) is 10.8 Å². The van der Waals surface area contributed by atoms with E-state index in [1.54, 1.807) is 18.5 Å². The Morgan fingerprint density at radius 1 is 1.24 bits per heavy atom. The fraction of sp³-hybridized carbons (Fsp3) is 0.364. The van der Waals surface area contributed by atoms with Crippen molar-refractivity contribution in [3.63, 3.8) is 0 Å². The molecule has 4 rings (SSSR count). The van der Waals surface area contributed by atoms with Crippen molar-refractivity contribution in [2.24, 2.45) is 5.92 Å². The molecule has 6 nitrogen and oxygen atoms in total. The van der Waals surface area contributed by atoms with Crippen LogP contribution in [0.5, 0.6) is 0 Å². The van der Waals surface area contributed by atoms with E-state index in [2.05, 4.69) is 44.2 Å². The van der Waals surface area contributed by atoms with Crippen molar-refractivity contribution < 1.29 is 4.79 Å². The second-order valence-corrected chi connectivity index (χ2v) is 8.64. The second-order valence-electron chi connectivity index (χ2n) is 7.64. The first-order chi connectivity index (χ1) is 14.1. The molecule has 1 aromatic carbocycles. The van der Waals surface area contributed by atoms with Crippen LogP contribution in [0.4, 0.5) is 5.69 Å². The molecule has 150 valence electrons. The third kappa shape index (κ3) is 4.86. The molecule has 0 radical (unpaired) electrons. The van der Waals surface area contributed by atoms with Crippen molar-refractivity contribution >= 4 is 22.9 Å². The summed E-state index contributed by atoms with van der Waals surface area (Å²) in [6.07, 6.45) is 5.95. The largest absolute Gasteiger partial charge is 0.321 e. The lowest BCUT2D eigenvalue weighted by molar-refractivity contribution is 0.103. The van der Waals surface area contributed by atoms with E-state index in [1.807, 2.05) is 19.1 Å². The van der Waals surface area contributed by atoms with Gasteiger partial charge in [-0.3, -0.25) is 9.69 Å². The molecule has 2 aromatic heterocycles. The van der Waals surface area contributed by atoms with Gasteiger partial charge in [-0.05, 0) is 56.0 Å². The zero-order valence-electron chi connectivity index (χ0n) is 16.8. The highest BCUT2D eigenvalue weighted by Crippen LogP contribution is 2.26. The smallest absolute Gasteiger partial charge is 0.267 e. The molecule has 0 saturated carbocycles. The number of hydrogen-bond acceptors (Lipinski definition) is 6. The predicted octanol–water partition coefficient (Wildman–Crippen LogP) is 4.39. The van der Waals surface area contributed by atoms with Gasteiger partial charge in [0.15, 0.2) is 10.8 Å². The number of benzene rings is 1. The molecule has 1 aliphatic rings. The molecule has 29 heavy (non-hydrogen) atoms. The van der Waals surface area contributed by atoms with Gasteiger partial charge >= 0.3 is 0 Å². The fourth-order valence-electron chi connectivity index (χ4n) is 3.68. The molecule has 1 atom stereocenters. The summed E-state index contributed by atoms with van der Waals surface area (Å²) in [5.74, 6) is 1.16. The van der Waals surface area contributed by atoms with Crippen molar-refractivity contribution in [2.45, 2.75) is 33.2 Å². The molecule has 0 aliphatic carbocycles. The Labute approximate surface area is 175 Å². The van der Waals surface area contributed by atoms with Gasteiger partial charge in [-0.1, -0.05) is 19.1 Å². The number of thiazole rings is 1. The summed E-state index contributed by atoms with van der Waals surface area (Å²) in [6.45, 7) is 7.45. The fourth-order valence-corrected chi connectivity index (χ4v) is 4.59. The lowest BCUT2D eigenvalue weighted by atomic mass is 10.00. The Morgan fingerprint density at radius 2 is 2.00 bits per heavy atom. The molecule has 0 spiro atoms. The topological polar surface area (TPSA) is 71.0 Å². The molecule has 3 aromatic rings. The number of likely N-dealkylation sites (tertiary alicyclic amines) is 1. The monoisotopic (exact) mass is 407 g/mol. The molecule has 0 bridgehead atoms. The van der Waals surface area contributed by atoms with E-state index in [1.165, 1.54) is 36.3 Å². The molecule has 1 unspecified atom stereocenters. The number of rotatable bonds is 5. The Bertz CT molecular complexity index is 971. The van der Waals surface area contributed by atoms with E-state index in [9.17, 15) is 4.79 Å². The van der Waals surface area contributed by atoms with Crippen LogP contribution in [0, 0.1) is 12.8 Å². The maximum Gasteiger partial charge on any atom is 0.267 e. The van der Waals surface area contributed by atoms with Crippen LogP contribution in [0.1, 0.15) is 40.7 Å².